The van der Waals surface area contributed by atoms with Crippen LogP contribution >= 0.6 is 0 Å². The highest BCUT2D eigenvalue weighted by Crippen LogP contribution is 2.33. The summed E-state index contributed by atoms with van der Waals surface area (Å²) in [7, 11) is 0. The molecule has 0 aliphatic carbocycles. The standard InChI is InChI=1S/C19H26N4O4/c24-18(25)19(12-26-13-19)9-5-3-1-2-4-6-10-27-16-7-8-17(21-11-16)23-15-20-14-22-23/h7-8,11,14-15H,1-6,9-10,12-13H2,(H,24,25). The molecule has 1 fully saturated rings. The van der Waals surface area contributed by atoms with Crippen molar-refractivity contribution in [1.82, 2.24) is 19.7 Å². The van der Waals surface area contributed by atoms with Crippen LogP contribution in [0, 0.1) is 5.41 Å². The van der Waals surface area contributed by atoms with E-state index in [2.05, 4.69) is 15.1 Å². The smallest absolute Gasteiger partial charge is 0.314 e. The van der Waals surface area contributed by atoms with E-state index < -0.39 is 11.4 Å². The number of aromatic nitrogens is 4. The molecule has 1 N–H and O–H groups in total. The number of hydrogen-bond acceptors (Lipinski definition) is 6. The Labute approximate surface area is 158 Å². The van der Waals surface area contributed by atoms with Gasteiger partial charge >= 0.3 is 5.97 Å². The minimum Gasteiger partial charge on any atom is -0.492 e. The Hall–Kier alpha value is -2.48. The zero-order valence-corrected chi connectivity index (χ0v) is 15.4. The molecule has 146 valence electrons. The largest absolute Gasteiger partial charge is 0.492 e. The Bertz CT molecular complexity index is 699. The number of ether oxygens (including phenoxy) is 2. The molecule has 0 bridgehead atoms. The van der Waals surface area contributed by atoms with Crippen molar-refractivity contribution in [1.29, 1.82) is 0 Å². The van der Waals surface area contributed by atoms with E-state index >= 15 is 0 Å². The van der Waals surface area contributed by atoms with Crippen LogP contribution in [-0.4, -0.2) is 50.6 Å². The predicted molar refractivity (Wildman–Crippen MR) is 97.9 cm³/mol. The van der Waals surface area contributed by atoms with Crippen molar-refractivity contribution < 1.29 is 19.4 Å². The Morgan fingerprint density at radius 2 is 1.96 bits per heavy atom. The number of rotatable bonds is 12. The first-order valence-electron chi connectivity index (χ1n) is 9.45. The van der Waals surface area contributed by atoms with Crippen LogP contribution in [0.1, 0.15) is 44.9 Å². The summed E-state index contributed by atoms with van der Waals surface area (Å²) in [5.74, 6) is 0.744. The second-order valence-electron chi connectivity index (χ2n) is 6.99. The summed E-state index contributed by atoms with van der Waals surface area (Å²) in [4.78, 5) is 19.4. The summed E-state index contributed by atoms with van der Waals surface area (Å²) in [6.07, 6.45) is 11.9. The number of aliphatic carboxylic acids is 1. The van der Waals surface area contributed by atoms with Crippen molar-refractivity contribution in [2.45, 2.75) is 44.9 Å². The molecule has 0 atom stereocenters. The van der Waals surface area contributed by atoms with Crippen LogP contribution in [-0.2, 0) is 9.53 Å². The van der Waals surface area contributed by atoms with Gasteiger partial charge in [0.1, 0.15) is 23.8 Å². The van der Waals surface area contributed by atoms with E-state index in [0.717, 1.165) is 50.7 Å². The van der Waals surface area contributed by atoms with Crippen LogP contribution in [0.3, 0.4) is 0 Å². The lowest BCUT2D eigenvalue weighted by Gasteiger charge is -2.37. The fraction of sp³-hybridized carbons (Fsp3) is 0.579. The van der Waals surface area contributed by atoms with Crippen molar-refractivity contribution >= 4 is 5.97 Å². The van der Waals surface area contributed by atoms with Crippen molar-refractivity contribution in [2.75, 3.05) is 19.8 Å². The normalized spacial score (nSPS) is 15.3. The third kappa shape index (κ3) is 5.26. The highest BCUT2D eigenvalue weighted by atomic mass is 16.5. The van der Waals surface area contributed by atoms with Gasteiger partial charge in [-0.3, -0.25) is 4.79 Å². The summed E-state index contributed by atoms with van der Waals surface area (Å²) in [5.41, 5.74) is -0.606. The minimum absolute atomic E-state index is 0.369. The van der Waals surface area contributed by atoms with Crippen molar-refractivity contribution in [3.05, 3.63) is 31.0 Å². The molecule has 0 aromatic carbocycles. The number of carbonyl (C=O) groups is 1. The SMILES string of the molecule is O=C(O)C1(CCCCCCCCOc2ccc(-n3cncn3)nc2)COC1. The maximum atomic E-state index is 11.2. The van der Waals surface area contributed by atoms with E-state index in [0.29, 0.717) is 25.6 Å². The molecule has 8 heteroatoms. The fourth-order valence-electron chi connectivity index (χ4n) is 3.11. The van der Waals surface area contributed by atoms with Crippen LogP contribution in [0.15, 0.2) is 31.0 Å². The molecule has 27 heavy (non-hydrogen) atoms. The van der Waals surface area contributed by atoms with Gasteiger partial charge in [0.05, 0.1) is 26.0 Å². The van der Waals surface area contributed by atoms with E-state index in [-0.39, 0.29) is 0 Å². The highest BCUT2D eigenvalue weighted by molar-refractivity contribution is 5.75. The van der Waals surface area contributed by atoms with Gasteiger partial charge in [-0.25, -0.2) is 14.6 Å². The maximum absolute atomic E-state index is 11.2. The molecule has 0 spiro atoms. The van der Waals surface area contributed by atoms with Gasteiger partial charge < -0.3 is 14.6 Å². The molecule has 0 amide bonds. The van der Waals surface area contributed by atoms with Crippen molar-refractivity contribution in [3.63, 3.8) is 0 Å². The van der Waals surface area contributed by atoms with Crippen LogP contribution in [0.4, 0.5) is 0 Å². The molecular formula is C19H26N4O4. The molecule has 2 aromatic heterocycles. The summed E-state index contributed by atoms with van der Waals surface area (Å²) in [5, 5.41) is 13.3. The van der Waals surface area contributed by atoms with Gasteiger partial charge in [-0.05, 0) is 25.0 Å². The second-order valence-corrected chi connectivity index (χ2v) is 6.99. The third-order valence-electron chi connectivity index (χ3n) is 4.90. The number of pyridine rings is 1. The topological polar surface area (TPSA) is 99.4 Å². The molecule has 0 radical (unpaired) electrons. The molecule has 1 saturated heterocycles. The van der Waals surface area contributed by atoms with Gasteiger partial charge in [0.25, 0.3) is 0 Å². The monoisotopic (exact) mass is 374 g/mol. The van der Waals surface area contributed by atoms with Gasteiger partial charge in [-0.2, -0.15) is 5.10 Å². The Morgan fingerprint density at radius 1 is 1.19 bits per heavy atom. The van der Waals surface area contributed by atoms with E-state index in [4.69, 9.17) is 9.47 Å². The summed E-state index contributed by atoms with van der Waals surface area (Å²) in [6, 6.07) is 3.73. The lowest BCUT2D eigenvalue weighted by atomic mass is 9.81. The van der Waals surface area contributed by atoms with E-state index in [1.165, 1.54) is 6.33 Å². The first-order valence-corrected chi connectivity index (χ1v) is 9.45. The lowest BCUT2D eigenvalue weighted by molar-refractivity contribution is -0.181. The molecule has 0 saturated carbocycles. The molecule has 3 rings (SSSR count). The van der Waals surface area contributed by atoms with Gasteiger partial charge in [-0.1, -0.05) is 32.1 Å². The first-order chi connectivity index (χ1) is 13.2. The summed E-state index contributed by atoms with van der Waals surface area (Å²) < 4.78 is 12.4. The molecule has 3 heterocycles. The molecule has 8 nitrogen and oxygen atoms in total. The zero-order chi connectivity index (χ0) is 19.0. The van der Waals surface area contributed by atoms with E-state index in [9.17, 15) is 9.90 Å². The Balaban J connectivity index is 1.21. The van der Waals surface area contributed by atoms with Crippen molar-refractivity contribution in [3.8, 4) is 11.6 Å². The number of carboxylic acid groups (broad SMARTS) is 1. The quantitative estimate of drug-likeness (QED) is 0.570. The minimum atomic E-state index is -0.713. The van der Waals surface area contributed by atoms with Gasteiger partial charge in [0.2, 0.25) is 0 Å². The Morgan fingerprint density at radius 3 is 2.56 bits per heavy atom. The molecule has 1 aliphatic heterocycles. The molecule has 1 aliphatic rings. The van der Waals surface area contributed by atoms with Crippen LogP contribution in [0.25, 0.3) is 5.82 Å². The number of nitrogens with zero attached hydrogens (tertiary/aromatic N) is 4. The maximum Gasteiger partial charge on any atom is 0.314 e. The van der Waals surface area contributed by atoms with E-state index in [1.807, 2.05) is 12.1 Å². The van der Waals surface area contributed by atoms with Gasteiger partial charge in [-0.15, -0.1) is 0 Å². The number of unbranched alkanes of at least 4 members (excludes halogenated alkanes) is 5. The number of carboxylic acids is 1. The molecule has 0 unspecified atom stereocenters. The summed E-state index contributed by atoms with van der Waals surface area (Å²) >= 11 is 0. The average molecular weight is 374 g/mol. The zero-order valence-electron chi connectivity index (χ0n) is 15.4. The highest BCUT2D eigenvalue weighted by Gasteiger charge is 2.45. The van der Waals surface area contributed by atoms with Crippen LogP contribution in [0.5, 0.6) is 5.75 Å². The second kappa shape index (κ2) is 9.45. The van der Waals surface area contributed by atoms with Crippen LogP contribution < -0.4 is 4.74 Å². The van der Waals surface area contributed by atoms with Crippen LogP contribution in [0.2, 0.25) is 0 Å². The fourth-order valence-corrected chi connectivity index (χ4v) is 3.11. The molecule has 2 aromatic rings. The third-order valence-corrected chi connectivity index (χ3v) is 4.90. The average Bonchev–Trinajstić information content (AvgIpc) is 3.17. The van der Waals surface area contributed by atoms with Gasteiger partial charge in [0.15, 0.2) is 5.82 Å². The number of hydrogen-bond donors (Lipinski definition) is 1. The van der Waals surface area contributed by atoms with E-state index in [1.54, 1.807) is 17.2 Å². The Kier molecular flexibility index (Phi) is 6.75. The lowest BCUT2D eigenvalue weighted by Crippen LogP contribution is -2.48. The predicted octanol–water partition coefficient (Wildman–Crippen LogP) is 2.87. The van der Waals surface area contributed by atoms with Gasteiger partial charge in [0, 0.05) is 0 Å². The first kappa shape index (κ1) is 19.3. The summed E-state index contributed by atoms with van der Waals surface area (Å²) in [6.45, 7) is 1.41. The molecular weight excluding hydrogens is 348 g/mol. The van der Waals surface area contributed by atoms with Crippen molar-refractivity contribution in [2.24, 2.45) is 5.41 Å².